The van der Waals surface area contributed by atoms with Gasteiger partial charge in [-0.25, -0.2) is 0 Å². The fourth-order valence-corrected chi connectivity index (χ4v) is 3.49. The fraction of sp³-hybridized carbons (Fsp3) is 0.786. The van der Waals surface area contributed by atoms with E-state index in [1.54, 1.807) is 0 Å². The Kier molecular flexibility index (Phi) is 4.69. The predicted octanol–water partition coefficient (Wildman–Crippen LogP) is 2.70. The van der Waals surface area contributed by atoms with Crippen LogP contribution in [0.25, 0.3) is 0 Å². The summed E-state index contributed by atoms with van der Waals surface area (Å²) in [5, 5.41) is 15.1. The van der Waals surface area contributed by atoms with Gasteiger partial charge in [0.15, 0.2) is 0 Å². The van der Waals surface area contributed by atoms with Crippen LogP contribution in [0.2, 0.25) is 0 Å². The third-order valence-corrected chi connectivity index (χ3v) is 4.72. The minimum Gasteiger partial charge on any atom is -0.389 e. The van der Waals surface area contributed by atoms with Crippen molar-refractivity contribution >= 4 is 15.9 Å². The van der Waals surface area contributed by atoms with Gasteiger partial charge in [0.25, 0.3) is 0 Å². The van der Waals surface area contributed by atoms with Gasteiger partial charge < -0.3 is 9.84 Å². The molecule has 0 aromatic carbocycles. The third kappa shape index (κ3) is 3.03. The van der Waals surface area contributed by atoms with Crippen LogP contribution in [-0.2, 0) is 24.1 Å². The number of aromatic nitrogens is 2. The summed E-state index contributed by atoms with van der Waals surface area (Å²) in [7, 11) is 0. The van der Waals surface area contributed by atoms with Gasteiger partial charge in [-0.1, -0.05) is 6.92 Å². The lowest BCUT2D eigenvalue weighted by molar-refractivity contribution is -0.137. The summed E-state index contributed by atoms with van der Waals surface area (Å²) in [6, 6.07) is 0. The van der Waals surface area contributed by atoms with E-state index in [1.165, 1.54) is 0 Å². The molecule has 1 N–H and O–H groups in total. The molecule has 1 aliphatic rings. The van der Waals surface area contributed by atoms with E-state index >= 15 is 0 Å². The first-order valence-corrected chi connectivity index (χ1v) is 7.90. The van der Waals surface area contributed by atoms with Crippen molar-refractivity contribution in [1.82, 2.24) is 9.78 Å². The second-order valence-electron chi connectivity index (χ2n) is 5.26. The SMILES string of the molecule is CCOC1CC(O)(Cc2c(Br)c(CC)nn2CC)C1. The Morgan fingerprint density at radius 3 is 2.63 bits per heavy atom. The molecule has 0 spiro atoms. The maximum Gasteiger partial charge on any atom is 0.0766 e. The van der Waals surface area contributed by atoms with E-state index in [4.69, 9.17) is 4.74 Å². The molecule has 0 atom stereocenters. The van der Waals surface area contributed by atoms with E-state index in [2.05, 4.69) is 34.9 Å². The standard InChI is InChI=1S/C14H23BrN2O2/c1-4-11-13(15)12(17(5-2)16-11)9-14(18)7-10(8-14)19-6-3/h10,18H,4-9H2,1-3H3. The van der Waals surface area contributed by atoms with Crippen LogP contribution in [-0.4, -0.2) is 33.2 Å². The van der Waals surface area contributed by atoms with Gasteiger partial charge in [0.1, 0.15) is 0 Å². The highest BCUT2D eigenvalue weighted by molar-refractivity contribution is 9.10. The Balaban J connectivity index is 2.09. The second-order valence-corrected chi connectivity index (χ2v) is 6.06. The van der Waals surface area contributed by atoms with Crippen molar-refractivity contribution in [2.45, 2.75) is 64.7 Å². The average Bonchev–Trinajstić information content (AvgIpc) is 2.64. The van der Waals surface area contributed by atoms with Crippen molar-refractivity contribution in [2.75, 3.05) is 6.61 Å². The molecule has 19 heavy (non-hydrogen) atoms. The molecule has 1 aromatic rings. The van der Waals surface area contributed by atoms with E-state index in [-0.39, 0.29) is 6.10 Å². The number of aryl methyl sites for hydroxylation is 2. The number of aliphatic hydroxyl groups is 1. The van der Waals surface area contributed by atoms with Crippen LogP contribution < -0.4 is 0 Å². The van der Waals surface area contributed by atoms with Crippen LogP contribution in [0.1, 0.15) is 45.0 Å². The molecule has 0 bridgehead atoms. The topological polar surface area (TPSA) is 47.3 Å². The van der Waals surface area contributed by atoms with Crippen LogP contribution in [0.3, 0.4) is 0 Å². The van der Waals surface area contributed by atoms with E-state index in [9.17, 15) is 5.11 Å². The van der Waals surface area contributed by atoms with E-state index in [0.717, 1.165) is 48.3 Å². The number of rotatable bonds is 6. The minimum atomic E-state index is -0.625. The van der Waals surface area contributed by atoms with E-state index in [0.29, 0.717) is 6.42 Å². The van der Waals surface area contributed by atoms with Crippen molar-refractivity contribution < 1.29 is 9.84 Å². The summed E-state index contributed by atoms with van der Waals surface area (Å²) in [4.78, 5) is 0. The Bertz CT molecular complexity index is 439. The molecule has 0 saturated heterocycles. The van der Waals surface area contributed by atoms with Crippen molar-refractivity contribution in [1.29, 1.82) is 0 Å². The first-order chi connectivity index (χ1) is 9.03. The minimum absolute atomic E-state index is 0.220. The highest BCUT2D eigenvalue weighted by Crippen LogP contribution is 2.39. The Labute approximate surface area is 123 Å². The van der Waals surface area contributed by atoms with Gasteiger partial charge >= 0.3 is 0 Å². The number of ether oxygens (including phenoxy) is 1. The lowest BCUT2D eigenvalue weighted by Crippen LogP contribution is -2.50. The quantitative estimate of drug-likeness (QED) is 0.872. The molecule has 0 amide bonds. The predicted molar refractivity (Wildman–Crippen MR) is 78.3 cm³/mol. The fourth-order valence-electron chi connectivity index (χ4n) is 2.78. The van der Waals surface area contributed by atoms with Crippen molar-refractivity contribution in [3.05, 3.63) is 15.9 Å². The van der Waals surface area contributed by atoms with Gasteiger partial charge in [-0.3, -0.25) is 4.68 Å². The Hall–Kier alpha value is -0.390. The van der Waals surface area contributed by atoms with Crippen LogP contribution in [0.15, 0.2) is 4.47 Å². The Morgan fingerprint density at radius 2 is 2.11 bits per heavy atom. The lowest BCUT2D eigenvalue weighted by atomic mass is 9.74. The summed E-state index contributed by atoms with van der Waals surface area (Å²) in [6.07, 6.45) is 3.23. The molecular weight excluding hydrogens is 308 g/mol. The maximum atomic E-state index is 10.5. The molecule has 108 valence electrons. The van der Waals surface area contributed by atoms with Crippen molar-refractivity contribution in [3.8, 4) is 0 Å². The normalized spacial score (nSPS) is 26.5. The molecule has 2 rings (SSSR count). The van der Waals surface area contributed by atoms with Gasteiger partial charge in [0.05, 0.1) is 27.6 Å². The number of hydrogen-bond donors (Lipinski definition) is 1. The molecule has 1 aromatic heterocycles. The monoisotopic (exact) mass is 330 g/mol. The summed E-state index contributed by atoms with van der Waals surface area (Å²) in [5.74, 6) is 0. The summed E-state index contributed by atoms with van der Waals surface area (Å²) >= 11 is 3.63. The smallest absolute Gasteiger partial charge is 0.0766 e. The Morgan fingerprint density at radius 1 is 1.42 bits per heavy atom. The van der Waals surface area contributed by atoms with Gasteiger partial charge in [-0.2, -0.15) is 5.10 Å². The molecule has 5 heteroatoms. The maximum absolute atomic E-state index is 10.5. The van der Waals surface area contributed by atoms with Crippen LogP contribution >= 0.6 is 15.9 Å². The molecule has 4 nitrogen and oxygen atoms in total. The van der Waals surface area contributed by atoms with Gasteiger partial charge in [0.2, 0.25) is 0 Å². The van der Waals surface area contributed by atoms with Crippen LogP contribution in [0, 0.1) is 0 Å². The van der Waals surface area contributed by atoms with Gasteiger partial charge in [-0.05, 0) is 36.2 Å². The first-order valence-electron chi connectivity index (χ1n) is 7.11. The van der Waals surface area contributed by atoms with E-state index in [1.807, 2.05) is 11.6 Å². The van der Waals surface area contributed by atoms with Crippen LogP contribution in [0.4, 0.5) is 0 Å². The molecular formula is C14H23BrN2O2. The molecule has 0 unspecified atom stereocenters. The zero-order valence-corrected chi connectivity index (χ0v) is 13.5. The van der Waals surface area contributed by atoms with Crippen LogP contribution in [0.5, 0.6) is 0 Å². The zero-order chi connectivity index (χ0) is 14.0. The molecule has 1 saturated carbocycles. The van der Waals surface area contributed by atoms with Gasteiger partial charge in [-0.15, -0.1) is 0 Å². The number of nitrogens with zero attached hydrogens (tertiary/aromatic N) is 2. The van der Waals surface area contributed by atoms with Crippen molar-refractivity contribution in [2.24, 2.45) is 0 Å². The summed E-state index contributed by atoms with van der Waals surface area (Å²) in [5.41, 5.74) is 1.55. The average molecular weight is 331 g/mol. The second kappa shape index (κ2) is 5.94. The molecule has 0 radical (unpaired) electrons. The molecule has 1 fully saturated rings. The zero-order valence-electron chi connectivity index (χ0n) is 11.9. The number of halogens is 1. The highest BCUT2D eigenvalue weighted by Gasteiger charge is 2.44. The number of hydrogen-bond acceptors (Lipinski definition) is 3. The highest BCUT2D eigenvalue weighted by atomic mass is 79.9. The van der Waals surface area contributed by atoms with Crippen molar-refractivity contribution in [3.63, 3.8) is 0 Å². The first kappa shape index (κ1) is 15.0. The largest absolute Gasteiger partial charge is 0.389 e. The summed E-state index contributed by atoms with van der Waals surface area (Å²) in [6.45, 7) is 7.72. The molecule has 0 aliphatic heterocycles. The summed E-state index contributed by atoms with van der Waals surface area (Å²) < 4.78 is 8.59. The van der Waals surface area contributed by atoms with E-state index < -0.39 is 5.60 Å². The molecule has 1 aliphatic carbocycles. The lowest BCUT2D eigenvalue weighted by Gasteiger charge is -2.43. The van der Waals surface area contributed by atoms with Gasteiger partial charge in [0, 0.05) is 32.4 Å². The third-order valence-electron chi connectivity index (χ3n) is 3.81. The molecule has 1 heterocycles.